The Kier molecular flexibility index (Phi) is 5.21. The number of ether oxygens (including phenoxy) is 1. The van der Waals surface area contributed by atoms with E-state index in [0.29, 0.717) is 5.56 Å². The standard InChI is InChI=1S/C15H14FN3O4/c16-10-3-1-9(2-4-10)8-23-11-5-6-18-13(14(11)21)15(22)19-12(20)7-17/h1-6,21H,7-8,17H2,(H,19,20,22). The Morgan fingerprint density at radius 1 is 1.26 bits per heavy atom. The van der Waals surface area contributed by atoms with Crippen LogP contribution in [0.25, 0.3) is 0 Å². The van der Waals surface area contributed by atoms with E-state index in [1.807, 2.05) is 5.32 Å². The molecule has 0 atom stereocenters. The van der Waals surface area contributed by atoms with Crippen LogP contribution in [0.3, 0.4) is 0 Å². The highest BCUT2D eigenvalue weighted by atomic mass is 19.1. The predicted octanol–water partition coefficient (Wildman–Crippen LogP) is 0.720. The second kappa shape index (κ2) is 7.32. The van der Waals surface area contributed by atoms with Gasteiger partial charge in [0.05, 0.1) is 6.54 Å². The van der Waals surface area contributed by atoms with E-state index < -0.39 is 17.6 Å². The number of nitrogens with zero attached hydrogens (tertiary/aromatic N) is 1. The summed E-state index contributed by atoms with van der Waals surface area (Å²) >= 11 is 0. The summed E-state index contributed by atoms with van der Waals surface area (Å²) in [5.41, 5.74) is 5.41. The van der Waals surface area contributed by atoms with Gasteiger partial charge in [-0.3, -0.25) is 14.9 Å². The Hall–Kier alpha value is -3.00. The van der Waals surface area contributed by atoms with Gasteiger partial charge in [0.15, 0.2) is 17.2 Å². The van der Waals surface area contributed by atoms with Crippen LogP contribution in [0, 0.1) is 5.82 Å². The highest BCUT2D eigenvalue weighted by molar-refractivity contribution is 6.05. The van der Waals surface area contributed by atoms with Crippen LogP contribution < -0.4 is 15.8 Å². The third-order valence-electron chi connectivity index (χ3n) is 2.85. The molecule has 23 heavy (non-hydrogen) atoms. The van der Waals surface area contributed by atoms with Gasteiger partial charge in [0.1, 0.15) is 12.4 Å². The molecule has 0 fully saturated rings. The van der Waals surface area contributed by atoms with Crippen LogP contribution in [0.4, 0.5) is 4.39 Å². The summed E-state index contributed by atoms with van der Waals surface area (Å²) in [5, 5.41) is 12.0. The van der Waals surface area contributed by atoms with E-state index in [4.69, 9.17) is 10.5 Å². The lowest BCUT2D eigenvalue weighted by Gasteiger charge is -2.10. The molecule has 1 aromatic heterocycles. The Bertz CT molecular complexity index is 719. The molecule has 7 nitrogen and oxygen atoms in total. The number of aromatic hydroxyl groups is 1. The lowest BCUT2D eigenvalue weighted by molar-refractivity contribution is -0.118. The van der Waals surface area contributed by atoms with Gasteiger partial charge in [0.2, 0.25) is 5.91 Å². The topological polar surface area (TPSA) is 115 Å². The molecule has 1 aromatic carbocycles. The van der Waals surface area contributed by atoms with Crippen LogP contribution in [0.15, 0.2) is 36.5 Å². The Morgan fingerprint density at radius 2 is 1.96 bits per heavy atom. The number of nitrogens with one attached hydrogen (secondary N) is 1. The molecule has 4 N–H and O–H groups in total. The van der Waals surface area contributed by atoms with Crippen LogP contribution in [0.2, 0.25) is 0 Å². The third kappa shape index (κ3) is 4.24. The number of halogens is 1. The summed E-state index contributed by atoms with van der Waals surface area (Å²) in [4.78, 5) is 26.6. The third-order valence-corrected chi connectivity index (χ3v) is 2.85. The molecule has 120 valence electrons. The maximum absolute atomic E-state index is 12.8. The molecule has 0 spiro atoms. The van der Waals surface area contributed by atoms with Crippen molar-refractivity contribution in [2.45, 2.75) is 6.61 Å². The van der Waals surface area contributed by atoms with Gasteiger partial charge in [-0.2, -0.15) is 0 Å². The largest absolute Gasteiger partial charge is 0.503 e. The zero-order valence-electron chi connectivity index (χ0n) is 12.0. The molecule has 2 rings (SSSR count). The van der Waals surface area contributed by atoms with Gasteiger partial charge < -0.3 is 15.6 Å². The first-order valence-electron chi connectivity index (χ1n) is 6.60. The number of imide groups is 1. The van der Waals surface area contributed by atoms with Crippen molar-refractivity contribution in [1.82, 2.24) is 10.3 Å². The van der Waals surface area contributed by atoms with Crippen molar-refractivity contribution in [3.8, 4) is 11.5 Å². The quantitative estimate of drug-likeness (QED) is 0.748. The van der Waals surface area contributed by atoms with Crippen LogP contribution in [0.1, 0.15) is 16.1 Å². The van der Waals surface area contributed by atoms with Gasteiger partial charge in [-0.05, 0) is 17.7 Å². The van der Waals surface area contributed by atoms with Crippen LogP contribution in [0.5, 0.6) is 11.5 Å². The van der Waals surface area contributed by atoms with Crippen molar-refractivity contribution >= 4 is 11.8 Å². The zero-order valence-corrected chi connectivity index (χ0v) is 12.0. The first-order valence-corrected chi connectivity index (χ1v) is 6.60. The molecule has 2 amide bonds. The van der Waals surface area contributed by atoms with Crippen LogP contribution >= 0.6 is 0 Å². The molecular formula is C15H14FN3O4. The summed E-state index contributed by atoms with van der Waals surface area (Å²) in [5.74, 6) is -2.45. The number of carbonyl (C=O) groups is 2. The minimum absolute atomic E-state index is 0.00896. The number of hydrogen-bond acceptors (Lipinski definition) is 6. The molecule has 0 aliphatic heterocycles. The van der Waals surface area contributed by atoms with Gasteiger partial charge in [0, 0.05) is 12.3 Å². The number of hydrogen-bond donors (Lipinski definition) is 3. The Morgan fingerprint density at radius 3 is 2.61 bits per heavy atom. The van der Waals surface area contributed by atoms with Crippen molar-refractivity contribution < 1.29 is 23.8 Å². The normalized spacial score (nSPS) is 10.2. The molecular weight excluding hydrogens is 305 g/mol. The van der Waals surface area contributed by atoms with Gasteiger partial charge in [-0.15, -0.1) is 0 Å². The van der Waals surface area contributed by atoms with Crippen LogP contribution in [-0.2, 0) is 11.4 Å². The van der Waals surface area contributed by atoms with E-state index in [0.717, 1.165) is 0 Å². The number of nitrogens with two attached hydrogens (primary N) is 1. The maximum Gasteiger partial charge on any atom is 0.280 e. The predicted molar refractivity (Wildman–Crippen MR) is 78.2 cm³/mol. The minimum atomic E-state index is -0.884. The smallest absolute Gasteiger partial charge is 0.280 e. The molecule has 0 aliphatic carbocycles. The average Bonchev–Trinajstić information content (AvgIpc) is 2.55. The fourth-order valence-corrected chi connectivity index (χ4v) is 1.70. The molecule has 0 saturated carbocycles. The van der Waals surface area contributed by atoms with Crippen LogP contribution in [-0.4, -0.2) is 28.4 Å². The summed E-state index contributed by atoms with van der Waals surface area (Å²) in [7, 11) is 0. The average molecular weight is 319 g/mol. The van der Waals surface area contributed by atoms with E-state index in [1.54, 1.807) is 0 Å². The van der Waals surface area contributed by atoms with E-state index in [9.17, 15) is 19.1 Å². The van der Waals surface area contributed by atoms with Crippen molar-refractivity contribution in [3.05, 3.63) is 53.6 Å². The van der Waals surface area contributed by atoms with Gasteiger partial charge in [0.25, 0.3) is 5.91 Å². The number of aromatic nitrogens is 1. The fourth-order valence-electron chi connectivity index (χ4n) is 1.70. The zero-order chi connectivity index (χ0) is 16.8. The van der Waals surface area contributed by atoms with Gasteiger partial charge >= 0.3 is 0 Å². The molecule has 0 bridgehead atoms. The number of benzene rings is 1. The minimum Gasteiger partial charge on any atom is -0.503 e. The van der Waals surface area contributed by atoms with Gasteiger partial charge in [-0.25, -0.2) is 9.37 Å². The molecule has 2 aromatic rings. The van der Waals surface area contributed by atoms with E-state index >= 15 is 0 Å². The molecule has 0 aliphatic rings. The first kappa shape index (κ1) is 16.4. The summed E-state index contributed by atoms with van der Waals surface area (Å²) < 4.78 is 18.2. The molecule has 0 radical (unpaired) electrons. The SMILES string of the molecule is NCC(=O)NC(=O)c1nccc(OCc2ccc(F)cc2)c1O. The monoisotopic (exact) mass is 319 g/mol. The number of carbonyl (C=O) groups excluding carboxylic acids is 2. The highest BCUT2D eigenvalue weighted by Gasteiger charge is 2.18. The summed E-state index contributed by atoms with van der Waals surface area (Å²) in [6.07, 6.45) is 1.25. The lowest BCUT2D eigenvalue weighted by Crippen LogP contribution is -2.35. The van der Waals surface area contributed by atoms with E-state index in [1.165, 1.54) is 36.5 Å². The molecule has 0 unspecified atom stereocenters. The van der Waals surface area contributed by atoms with Crippen molar-refractivity contribution in [3.63, 3.8) is 0 Å². The lowest BCUT2D eigenvalue weighted by atomic mass is 10.2. The Labute approximate surface area is 130 Å². The fraction of sp³-hybridized carbons (Fsp3) is 0.133. The maximum atomic E-state index is 12.8. The molecule has 8 heteroatoms. The molecule has 1 heterocycles. The number of rotatable bonds is 5. The molecule has 0 saturated heterocycles. The van der Waals surface area contributed by atoms with E-state index in [-0.39, 0.29) is 30.4 Å². The summed E-state index contributed by atoms with van der Waals surface area (Å²) in [6, 6.07) is 6.98. The highest BCUT2D eigenvalue weighted by Crippen LogP contribution is 2.28. The van der Waals surface area contributed by atoms with E-state index in [2.05, 4.69) is 4.98 Å². The van der Waals surface area contributed by atoms with Crippen molar-refractivity contribution in [1.29, 1.82) is 0 Å². The number of pyridine rings is 1. The van der Waals surface area contributed by atoms with Gasteiger partial charge in [-0.1, -0.05) is 12.1 Å². The number of amides is 2. The second-order valence-corrected chi connectivity index (χ2v) is 4.50. The first-order chi connectivity index (χ1) is 11.0. The second-order valence-electron chi connectivity index (χ2n) is 4.50. The van der Waals surface area contributed by atoms with Crippen molar-refractivity contribution in [2.24, 2.45) is 5.73 Å². The van der Waals surface area contributed by atoms with Crippen molar-refractivity contribution in [2.75, 3.05) is 6.54 Å². The summed E-state index contributed by atoms with van der Waals surface area (Å²) in [6.45, 7) is -0.312. The Balaban J connectivity index is 2.11.